The van der Waals surface area contributed by atoms with Gasteiger partial charge in [-0.2, -0.15) is 0 Å². The van der Waals surface area contributed by atoms with Crippen LogP contribution in [0.4, 0.5) is 0 Å². The maximum Gasteiger partial charge on any atom is 0.328 e. The second-order valence-electron chi connectivity index (χ2n) is 7.23. The zero-order chi connectivity index (χ0) is 23.5. The number of ether oxygens (including phenoxy) is 2. The highest BCUT2D eigenvalue weighted by Crippen LogP contribution is 2.30. The Labute approximate surface area is 207 Å². The second kappa shape index (κ2) is 13.1. The fraction of sp³-hybridized carbons (Fsp3) is 0.231. The molecular weight excluding hydrogens is 502 g/mol. The van der Waals surface area contributed by atoms with Crippen LogP contribution < -0.4 is 9.47 Å². The van der Waals surface area contributed by atoms with Gasteiger partial charge in [-0.05, 0) is 83.2 Å². The van der Waals surface area contributed by atoms with Crippen molar-refractivity contribution in [3.8, 4) is 11.5 Å². The van der Waals surface area contributed by atoms with Gasteiger partial charge in [0.1, 0.15) is 17.2 Å². The maximum atomic E-state index is 11.0. The topological polar surface area (TPSA) is 68.7 Å². The molecule has 1 N–H and O–H groups in total. The van der Waals surface area contributed by atoms with E-state index in [1.54, 1.807) is 18.9 Å². The number of carboxylic acid groups (broad SMARTS) is 1. The highest BCUT2D eigenvalue weighted by molar-refractivity contribution is 9.10. The number of rotatable bonds is 12. The largest absolute Gasteiger partial charge is 0.497 e. The van der Waals surface area contributed by atoms with Crippen molar-refractivity contribution in [2.75, 3.05) is 13.7 Å². The number of pyridine rings is 1. The number of hydrogen-bond acceptors (Lipinski definition) is 5. The Bertz CT molecular complexity index is 1090. The number of nitrogens with zero attached hydrogens (tertiary/aromatic N) is 1. The Morgan fingerprint density at radius 2 is 1.88 bits per heavy atom. The smallest absolute Gasteiger partial charge is 0.328 e. The van der Waals surface area contributed by atoms with Crippen LogP contribution in [0.15, 0.2) is 76.1 Å². The summed E-state index contributed by atoms with van der Waals surface area (Å²) in [6, 6.07) is 19.9. The molecule has 0 amide bonds. The van der Waals surface area contributed by atoms with Crippen molar-refractivity contribution in [1.29, 1.82) is 0 Å². The fourth-order valence-electron chi connectivity index (χ4n) is 3.10. The van der Waals surface area contributed by atoms with Crippen molar-refractivity contribution in [2.45, 2.75) is 29.9 Å². The summed E-state index contributed by atoms with van der Waals surface area (Å²) in [5.41, 5.74) is 2.64. The minimum atomic E-state index is -1.02. The van der Waals surface area contributed by atoms with Crippen molar-refractivity contribution < 1.29 is 19.4 Å². The monoisotopic (exact) mass is 527 g/mol. The molecule has 1 heterocycles. The van der Waals surface area contributed by atoms with E-state index in [1.165, 1.54) is 11.6 Å². The number of carboxylic acids is 1. The fourth-order valence-corrected chi connectivity index (χ4v) is 4.57. The Kier molecular flexibility index (Phi) is 9.84. The second-order valence-corrected chi connectivity index (χ2v) is 9.10. The standard InChI is InChI=1S/C26H26BrNO4S/c1-31-21-12-9-19(10-13-21)6-4-5-17-32-24-15-11-20(28-23(24)14-16-26(29)30)18-33-25-8-3-2-7-22(25)27/h2-3,7-16H,4-6,17-18H2,1H3,(H,29,30)/b16-14+. The Hall–Kier alpha value is -2.77. The van der Waals surface area contributed by atoms with Crippen LogP contribution in [0.1, 0.15) is 29.8 Å². The Morgan fingerprint density at radius 1 is 1.09 bits per heavy atom. The Balaban J connectivity index is 1.56. The third kappa shape index (κ3) is 8.26. The molecular formula is C26H26BrNO4S. The van der Waals surface area contributed by atoms with E-state index in [9.17, 15) is 4.79 Å². The first-order valence-electron chi connectivity index (χ1n) is 10.6. The number of methoxy groups -OCH3 is 1. The molecule has 0 aliphatic rings. The third-order valence-electron chi connectivity index (χ3n) is 4.82. The molecule has 3 aromatic rings. The number of aliphatic carboxylic acids is 1. The SMILES string of the molecule is COc1ccc(CCCCOc2ccc(CSc3ccccc3Br)nc2/C=C/C(=O)O)cc1. The predicted octanol–water partition coefficient (Wildman–Crippen LogP) is 6.64. The minimum absolute atomic E-state index is 0.526. The third-order valence-corrected chi connectivity index (χ3v) is 6.88. The lowest BCUT2D eigenvalue weighted by Gasteiger charge is -2.11. The first kappa shape index (κ1) is 24.9. The number of halogens is 1. The van der Waals surface area contributed by atoms with Crippen LogP contribution in [0, 0.1) is 0 Å². The molecule has 2 aromatic carbocycles. The number of unbranched alkanes of at least 4 members (excludes halogenated alkanes) is 1. The summed E-state index contributed by atoms with van der Waals surface area (Å²) in [5.74, 6) is 1.09. The van der Waals surface area contributed by atoms with Crippen LogP contribution in [0.2, 0.25) is 0 Å². The van der Waals surface area contributed by atoms with Crippen LogP contribution >= 0.6 is 27.7 Å². The van der Waals surface area contributed by atoms with Gasteiger partial charge in [-0.3, -0.25) is 0 Å². The average molecular weight is 528 g/mol. The first-order chi connectivity index (χ1) is 16.0. The van der Waals surface area contributed by atoms with E-state index >= 15 is 0 Å². The van der Waals surface area contributed by atoms with Crippen molar-refractivity contribution >= 4 is 39.7 Å². The highest BCUT2D eigenvalue weighted by atomic mass is 79.9. The van der Waals surface area contributed by atoms with Crippen LogP contribution in [0.5, 0.6) is 11.5 Å². The van der Waals surface area contributed by atoms with Crippen molar-refractivity contribution in [2.24, 2.45) is 0 Å². The van der Waals surface area contributed by atoms with Crippen LogP contribution in [-0.4, -0.2) is 29.8 Å². The van der Waals surface area contributed by atoms with Gasteiger partial charge >= 0.3 is 5.97 Å². The van der Waals surface area contributed by atoms with Gasteiger partial charge in [0, 0.05) is 21.2 Å². The molecule has 172 valence electrons. The van der Waals surface area contributed by atoms with Crippen LogP contribution in [0.3, 0.4) is 0 Å². The number of thioether (sulfide) groups is 1. The molecule has 1 aromatic heterocycles. The first-order valence-corrected chi connectivity index (χ1v) is 12.4. The van der Waals surface area contributed by atoms with E-state index in [1.807, 2.05) is 48.5 Å². The van der Waals surface area contributed by atoms with E-state index in [2.05, 4.69) is 33.0 Å². The molecule has 0 saturated carbocycles. The number of hydrogen-bond donors (Lipinski definition) is 1. The summed E-state index contributed by atoms with van der Waals surface area (Å²) in [6.45, 7) is 0.538. The molecule has 33 heavy (non-hydrogen) atoms. The van der Waals surface area contributed by atoms with Gasteiger partial charge in [-0.1, -0.05) is 24.3 Å². The van der Waals surface area contributed by atoms with Crippen LogP contribution in [-0.2, 0) is 17.0 Å². The van der Waals surface area contributed by atoms with Gasteiger partial charge < -0.3 is 14.6 Å². The van der Waals surface area contributed by atoms with Gasteiger partial charge in [-0.15, -0.1) is 11.8 Å². The maximum absolute atomic E-state index is 11.0. The predicted molar refractivity (Wildman–Crippen MR) is 136 cm³/mol. The molecule has 5 nitrogen and oxygen atoms in total. The zero-order valence-electron chi connectivity index (χ0n) is 18.4. The quantitative estimate of drug-likeness (QED) is 0.161. The normalized spacial score (nSPS) is 11.0. The van der Waals surface area contributed by atoms with E-state index < -0.39 is 5.97 Å². The summed E-state index contributed by atoms with van der Waals surface area (Å²) in [4.78, 5) is 16.8. The molecule has 0 atom stereocenters. The average Bonchev–Trinajstić information content (AvgIpc) is 2.83. The minimum Gasteiger partial charge on any atom is -0.497 e. The molecule has 0 aliphatic heterocycles. The molecule has 0 saturated heterocycles. The van der Waals surface area contributed by atoms with Crippen molar-refractivity contribution in [3.63, 3.8) is 0 Å². The lowest BCUT2D eigenvalue weighted by Crippen LogP contribution is -2.02. The van der Waals surface area contributed by atoms with E-state index in [0.717, 1.165) is 46.2 Å². The molecule has 0 unspecified atom stereocenters. The van der Waals surface area contributed by atoms with Gasteiger partial charge in [0.05, 0.1) is 19.4 Å². The molecule has 0 fully saturated rings. The molecule has 3 rings (SSSR count). The van der Waals surface area contributed by atoms with Gasteiger partial charge in [0.2, 0.25) is 0 Å². The van der Waals surface area contributed by atoms with Gasteiger partial charge in [0.25, 0.3) is 0 Å². The lowest BCUT2D eigenvalue weighted by molar-refractivity contribution is -0.131. The summed E-state index contributed by atoms with van der Waals surface area (Å²) in [7, 11) is 1.66. The molecule has 0 spiro atoms. The Morgan fingerprint density at radius 3 is 2.61 bits per heavy atom. The molecule has 0 aliphatic carbocycles. The number of carbonyl (C=O) groups is 1. The highest BCUT2D eigenvalue weighted by Gasteiger charge is 2.08. The van der Waals surface area contributed by atoms with E-state index in [0.29, 0.717) is 23.8 Å². The van der Waals surface area contributed by atoms with Gasteiger partial charge in [0.15, 0.2) is 0 Å². The van der Waals surface area contributed by atoms with Gasteiger partial charge in [-0.25, -0.2) is 9.78 Å². The molecule has 0 bridgehead atoms. The van der Waals surface area contributed by atoms with Crippen molar-refractivity contribution in [1.82, 2.24) is 4.98 Å². The van der Waals surface area contributed by atoms with E-state index in [4.69, 9.17) is 14.6 Å². The number of aromatic nitrogens is 1. The number of aryl methyl sites for hydroxylation is 1. The summed E-state index contributed by atoms with van der Waals surface area (Å²) < 4.78 is 12.2. The zero-order valence-corrected chi connectivity index (χ0v) is 20.8. The summed E-state index contributed by atoms with van der Waals surface area (Å²) >= 11 is 5.22. The van der Waals surface area contributed by atoms with Crippen LogP contribution in [0.25, 0.3) is 6.08 Å². The summed E-state index contributed by atoms with van der Waals surface area (Å²) in [6.07, 6.45) is 5.41. The lowest BCUT2D eigenvalue weighted by atomic mass is 10.1. The molecule has 0 radical (unpaired) electrons. The number of benzene rings is 2. The van der Waals surface area contributed by atoms with E-state index in [-0.39, 0.29) is 0 Å². The molecule has 7 heteroatoms. The van der Waals surface area contributed by atoms with Crippen molar-refractivity contribution in [3.05, 3.63) is 88.2 Å². The summed E-state index contributed by atoms with van der Waals surface area (Å²) in [5, 5.41) is 9.03.